The van der Waals surface area contributed by atoms with E-state index in [2.05, 4.69) is 15.6 Å². The summed E-state index contributed by atoms with van der Waals surface area (Å²) in [5, 5.41) is 7.57. The SMILES string of the molecule is CC(C)CNC(=O)CCN(C(=O)c1csc(Nc2cccc(C(F)(F)F)c2)n1)C1CC1. The summed E-state index contributed by atoms with van der Waals surface area (Å²) in [7, 11) is 0. The van der Waals surface area contributed by atoms with Crippen molar-refractivity contribution in [1.29, 1.82) is 0 Å². The summed E-state index contributed by atoms with van der Waals surface area (Å²) in [4.78, 5) is 30.8. The molecule has 1 fully saturated rings. The summed E-state index contributed by atoms with van der Waals surface area (Å²) in [6.07, 6.45) is -2.44. The third kappa shape index (κ3) is 6.68. The van der Waals surface area contributed by atoms with Gasteiger partial charge in [0.05, 0.1) is 5.56 Å². The standard InChI is InChI=1S/C21H25F3N4O2S/c1-13(2)11-25-18(29)8-9-28(16-6-7-16)19(30)17-12-31-20(27-17)26-15-5-3-4-14(10-15)21(22,23)24/h3-5,10,12-13,16H,6-9,11H2,1-2H3,(H,25,29)(H,26,27). The zero-order chi connectivity index (χ0) is 22.6. The number of benzene rings is 1. The van der Waals surface area contributed by atoms with Gasteiger partial charge in [-0.25, -0.2) is 4.98 Å². The molecule has 1 saturated carbocycles. The van der Waals surface area contributed by atoms with E-state index in [-0.39, 0.29) is 35.7 Å². The van der Waals surface area contributed by atoms with E-state index in [1.54, 1.807) is 10.3 Å². The molecule has 2 aromatic rings. The third-order valence-corrected chi connectivity index (χ3v) is 5.46. The summed E-state index contributed by atoms with van der Waals surface area (Å²) in [6.45, 7) is 4.91. The molecule has 0 aliphatic heterocycles. The second-order valence-corrected chi connectivity index (χ2v) is 8.78. The van der Waals surface area contributed by atoms with Gasteiger partial charge >= 0.3 is 6.18 Å². The Hall–Kier alpha value is -2.62. The monoisotopic (exact) mass is 454 g/mol. The molecule has 1 aromatic heterocycles. The Bertz CT molecular complexity index is 925. The zero-order valence-electron chi connectivity index (χ0n) is 17.3. The van der Waals surface area contributed by atoms with Crippen LogP contribution in [-0.2, 0) is 11.0 Å². The number of hydrogen-bond donors (Lipinski definition) is 2. The molecule has 0 spiro atoms. The largest absolute Gasteiger partial charge is 0.416 e. The molecule has 1 aliphatic carbocycles. The molecular formula is C21H25F3N4O2S. The molecule has 1 aromatic carbocycles. The van der Waals surface area contributed by atoms with Crippen LogP contribution in [0.3, 0.4) is 0 Å². The normalized spacial score (nSPS) is 13.9. The second kappa shape index (κ2) is 9.67. The van der Waals surface area contributed by atoms with Gasteiger partial charge in [-0.2, -0.15) is 13.2 Å². The van der Waals surface area contributed by atoms with Crippen molar-refractivity contribution >= 4 is 34.0 Å². The fourth-order valence-corrected chi connectivity index (χ4v) is 3.64. The summed E-state index contributed by atoms with van der Waals surface area (Å²) >= 11 is 1.14. The van der Waals surface area contributed by atoms with Gasteiger partial charge in [0.1, 0.15) is 5.69 Å². The predicted molar refractivity (Wildman–Crippen MR) is 113 cm³/mol. The number of nitrogens with zero attached hydrogens (tertiary/aromatic N) is 2. The van der Waals surface area contributed by atoms with E-state index in [1.807, 2.05) is 13.8 Å². The minimum atomic E-state index is -4.44. The average molecular weight is 455 g/mol. The Morgan fingerprint density at radius 3 is 2.68 bits per heavy atom. The van der Waals surface area contributed by atoms with Crippen LogP contribution in [-0.4, -0.2) is 40.8 Å². The number of amides is 2. The molecule has 0 saturated heterocycles. The van der Waals surface area contributed by atoms with Crippen molar-refractivity contribution in [3.05, 3.63) is 40.9 Å². The highest BCUT2D eigenvalue weighted by Crippen LogP contribution is 2.32. The predicted octanol–water partition coefficient (Wildman–Crippen LogP) is 4.67. The minimum Gasteiger partial charge on any atom is -0.356 e. The highest BCUT2D eigenvalue weighted by Gasteiger charge is 2.34. The first-order chi connectivity index (χ1) is 14.6. The van der Waals surface area contributed by atoms with Crippen LogP contribution in [0, 0.1) is 5.92 Å². The van der Waals surface area contributed by atoms with Crippen LogP contribution in [0.25, 0.3) is 0 Å². The minimum absolute atomic E-state index is 0.0997. The van der Waals surface area contributed by atoms with Gasteiger partial charge in [0.15, 0.2) is 5.13 Å². The maximum Gasteiger partial charge on any atom is 0.416 e. The first kappa shape index (κ1) is 23.1. The van der Waals surface area contributed by atoms with E-state index >= 15 is 0 Å². The van der Waals surface area contributed by atoms with Gasteiger partial charge in [0.25, 0.3) is 5.91 Å². The van der Waals surface area contributed by atoms with Gasteiger partial charge in [0.2, 0.25) is 5.91 Å². The highest BCUT2D eigenvalue weighted by molar-refractivity contribution is 7.14. The lowest BCUT2D eigenvalue weighted by Gasteiger charge is -2.21. The molecule has 2 amide bonds. The number of anilines is 2. The number of rotatable bonds is 9. The van der Waals surface area contributed by atoms with Crippen molar-refractivity contribution in [3.63, 3.8) is 0 Å². The van der Waals surface area contributed by atoms with Crippen LogP contribution in [0.15, 0.2) is 29.6 Å². The van der Waals surface area contributed by atoms with Gasteiger partial charge in [-0.15, -0.1) is 11.3 Å². The van der Waals surface area contributed by atoms with Crippen LogP contribution in [0.4, 0.5) is 24.0 Å². The van der Waals surface area contributed by atoms with Crippen LogP contribution in [0.5, 0.6) is 0 Å². The number of halogens is 3. The van der Waals surface area contributed by atoms with E-state index in [4.69, 9.17) is 0 Å². The van der Waals surface area contributed by atoms with E-state index in [0.717, 1.165) is 36.3 Å². The topological polar surface area (TPSA) is 74.3 Å². The second-order valence-electron chi connectivity index (χ2n) is 7.92. The Morgan fingerprint density at radius 1 is 1.29 bits per heavy atom. The van der Waals surface area contributed by atoms with Crippen LogP contribution in [0.2, 0.25) is 0 Å². The maximum atomic E-state index is 12.9. The lowest BCUT2D eigenvalue weighted by molar-refractivity contribution is -0.137. The zero-order valence-corrected chi connectivity index (χ0v) is 18.1. The Morgan fingerprint density at radius 2 is 2.03 bits per heavy atom. The molecule has 10 heteroatoms. The van der Waals surface area contributed by atoms with Crippen LogP contribution >= 0.6 is 11.3 Å². The molecule has 1 heterocycles. The molecule has 0 atom stereocenters. The lowest BCUT2D eigenvalue weighted by Crippen LogP contribution is -2.37. The number of nitrogens with one attached hydrogen (secondary N) is 2. The Kier molecular flexibility index (Phi) is 7.19. The van der Waals surface area contributed by atoms with Crippen LogP contribution in [0.1, 0.15) is 49.2 Å². The van der Waals surface area contributed by atoms with Gasteiger partial charge in [-0.05, 0) is 37.0 Å². The molecule has 31 heavy (non-hydrogen) atoms. The fourth-order valence-electron chi connectivity index (χ4n) is 2.94. The number of carbonyl (C=O) groups excluding carboxylic acids is 2. The molecule has 6 nitrogen and oxygen atoms in total. The summed E-state index contributed by atoms with van der Waals surface area (Å²) in [5.74, 6) is -0.0206. The fraction of sp³-hybridized carbons (Fsp3) is 0.476. The Balaban J connectivity index is 1.62. The van der Waals surface area contributed by atoms with Crippen molar-refractivity contribution in [3.8, 4) is 0 Å². The van der Waals surface area contributed by atoms with Crippen molar-refractivity contribution in [2.75, 3.05) is 18.4 Å². The molecule has 0 bridgehead atoms. The van der Waals surface area contributed by atoms with E-state index < -0.39 is 11.7 Å². The average Bonchev–Trinajstić information content (AvgIpc) is 3.44. The number of thiazole rings is 1. The van der Waals surface area contributed by atoms with E-state index in [0.29, 0.717) is 24.1 Å². The summed E-state index contributed by atoms with van der Waals surface area (Å²) in [5.41, 5.74) is -0.306. The number of alkyl halides is 3. The summed E-state index contributed by atoms with van der Waals surface area (Å²) in [6, 6.07) is 4.91. The highest BCUT2D eigenvalue weighted by atomic mass is 32.1. The van der Waals surface area contributed by atoms with Crippen molar-refractivity contribution in [2.24, 2.45) is 5.92 Å². The molecule has 168 valence electrons. The van der Waals surface area contributed by atoms with Crippen LogP contribution < -0.4 is 10.6 Å². The Labute approximate surface area is 182 Å². The first-order valence-corrected chi connectivity index (χ1v) is 11.0. The molecule has 0 unspecified atom stereocenters. The van der Waals surface area contributed by atoms with Crippen molar-refractivity contribution in [1.82, 2.24) is 15.2 Å². The molecule has 0 radical (unpaired) electrons. The number of aromatic nitrogens is 1. The van der Waals surface area contributed by atoms with Crippen molar-refractivity contribution < 1.29 is 22.8 Å². The number of hydrogen-bond acceptors (Lipinski definition) is 5. The maximum absolute atomic E-state index is 12.9. The summed E-state index contributed by atoms with van der Waals surface area (Å²) < 4.78 is 38.7. The number of carbonyl (C=O) groups is 2. The molecular weight excluding hydrogens is 429 g/mol. The smallest absolute Gasteiger partial charge is 0.356 e. The third-order valence-electron chi connectivity index (χ3n) is 4.70. The van der Waals surface area contributed by atoms with Gasteiger partial charge in [-0.1, -0.05) is 19.9 Å². The van der Waals surface area contributed by atoms with Crippen molar-refractivity contribution in [2.45, 2.75) is 45.3 Å². The van der Waals surface area contributed by atoms with Gasteiger partial charge < -0.3 is 15.5 Å². The quantitative estimate of drug-likeness (QED) is 0.577. The molecule has 3 rings (SSSR count). The van der Waals surface area contributed by atoms with E-state index in [1.165, 1.54) is 12.1 Å². The first-order valence-electron chi connectivity index (χ1n) is 10.1. The molecule has 1 aliphatic rings. The lowest BCUT2D eigenvalue weighted by atomic mass is 10.2. The van der Waals surface area contributed by atoms with E-state index in [9.17, 15) is 22.8 Å². The molecule has 2 N–H and O–H groups in total. The van der Waals surface area contributed by atoms with Gasteiger partial charge in [-0.3, -0.25) is 9.59 Å². The van der Waals surface area contributed by atoms with Gasteiger partial charge in [0, 0.05) is 36.6 Å².